The van der Waals surface area contributed by atoms with Gasteiger partial charge in [0.15, 0.2) is 0 Å². The number of furan rings is 1. The normalized spacial score (nSPS) is 11.3. The molecule has 144 valence electrons. The molecule has 2 aromatic rings. The van der Waals surface area contributed by atoms with Gasteiger partial charge in [-0.1, -0.05) is 12.1 Å². The van der Waals surface area contributed by atoms with E-state index < -0.39 is 23.8 Å². The molecule has 0 saturated heterocycles. The van der Waals surface area contributed by atoms with Gasteiger partial charge in [-0.2, -0.15) is 0 Å². The van der Waals surface area contributed by atoms with Crippen molar-refractivity contribution in [2.24, 2.45) is 0 Å². The van der Waals surface area contributed by atoms with Crippen LogP contribution in [-0.4, -0.2) is 38.0 Å². The van der Waals surface area contributed by atoms with E-state index in [4.69, 9.17) is 13.9 Å². The molecule has 1 atom stereocenters. The summed E-state index contributed by atoms with van der Waals surface area (Å²) in [6.07, 6.45) is 2.61. The summed E-state index contributed by atoms with van der Waals surface area (Å²) in [7, 11) is 1.53. The summed E-state index contributed by atoms with van der Waals surface area (Å²) in [5.74, 6) is -0.705. The first kappa shape index (κ1) is 20.0. The number of nitrogens with one attached hydrogen (secondary N) is 2. The van der Waals surface area contributed by atoms with Crippen molar-refractivity contribution in [1.82, 2.24) is 10.6 Å². The number of carbonyl (C=O) groups is 3. The number of hydrogen-bond donors (Lipinski definition) is 2. The van der Waals surface area contributed by atoms with Crippen molar-refractivity contribution in [3.05, 3.63) is 54.0 Å². The van der Waals surface area contributed by atoms with Crippen LogP contribution < -0.4 is 15.4 Å². The molecule has 1 aromatic heterocycles. The lowest BCUT2D eigenvalue weighted by atomic mass is 10.0. The third kappa shape index (κ3) is 6.18. The van der Waals surface area contributed by atoms with E-state index in [0.717, 1.165) is 0 Å². The van der Waals surface area contributed by atoms with Crippen molar-refractivity contribution >= 4 is 17.8 Å². The predicted octanol–water partition coefficient (Wildman–Crippen LogP) is 1.83. The maximum Gasteiger partial charge on any atom is 0.308 e. The minimum Gasteiger partial charge on any atom is -0.497 e. The Bertz CT molecular complexity index is 772. The highest BCUT2D eigenvalue weighted by molar-refractivity contribution is 5.96. The zero-order chi connectivity index (χ0) is 19.6. The van der Waals surface area contributed by atoms with Gasteiger partial charge in [0.1, 0.15) is 12.0 Å². The first-order valence-electron chi connectivity index (χ1n) is 8.42. The van der Waals surface area contributed by atoms with Gasteiger partial charge in [-0.15, -0.1) is 0 Å². The lowest BCUT2D eigenvalue weighted by Gasteiger charge is -2.19. The fourth-order valence-corrected chi connectivity index (χ4v) is 2.40. The predicted molar refractivity (Wildman–Crippen MR) is 96.2 cm³/mol. The molecule has 1 unspecified atom stereocenters. The van der Waals surface area contributed by atoms with Crippen LogP contribution in [0.5, 0.6) is 5.75 Å². The SMILES string of the molecule is CCOC(=O)CC(NC(=O)CNC(=O)c1ccoc1)c1cccc(OC)c1. The maximum absolute atomic E-state index is 12.3. The zero-order valence-electron chi connectivity index (χ0n) is 15.2. The van der Waals surface area contributed by atoms with Crippen molar-refractivity contribution in [2.45, 2.75) is 19.4 Å². The molecular formula is C19H22N2O6. The van der Waals surface area contributed by atoms with Crippen LogP contribution in [0, 0.1) is 0 Å². The van der Waals surface area contributed by atoms with Gasteiger partial charge in [-0.25, -0.2) is 0 Å². The number of carbonyl (C=O) groups excluding carboxylic acids is 3. The Balaban J connectivity index is 2.02. The van der Waals surface area contributed by atoms with E-state index in [9.17, 15) is 14.4 Å². The fourth-order valence-electron chi connectivity index (χ4n) is 2.40. The van der Waals surface area contributed by atoms with Crippen molar-refractivity contribution in [3.63, 3.8) is 0 Å². The number of benzene rings is 1. The Morgan fingerprint density at radius 2 is 2.04 bits per heavy atom. The zero-order valence-corrected chi connectivity index (χ0v) is 15.2. The minimum atomic E-state index is -0.613. The van der Waals surface area contributed by atoms with Crippen molar-refractivity contribution in [3.8, 4) is 5.75 Å². The third-order valence-corrected chi connectivity index (χ3v) is 3.70. The molecule has 0 spiro atoms. The summed E-state index contributed by atoms with van der Waals surface area (Å²) in [5, 5.41) is 5.23. The molecule has 0 aliphatic heterocycles. The van der Waals surface area contributed by atoms with E-state index in [1.54, 1.807) is 31.2 Å². The van der Waals surface area contributed by atoms with Crippen LogP contribution in [0.1, 0.15) is 35.3 Å². The number of amides is 2. The first-order chi connectivity index (χ1) is 13.0. The van der Waals surface area contributed by atoms with E-state index in [-0.39, 0.29) is 19.6 Å². The highest BCUT2D eigenvalue weighted by atomic mass is 16.5. The Morgan fingerprint density at radius 1 is 1.22 bits per heavy atom. The first-order valence-corrected chi connectivity index (χ1v) is 8.42. The van der Waals surface area contributed by atoms with E-state index in [1.165, 1.54) is 25.7 Å². The quantitative estimate of drug-likeness (QED) is 0.649. The average Bonchev–Trinajstić information content (AvgIpc) is 3.20. The Morgan fingerprint density at radius 3 is 2.70 bits per heavy atom. The van der Waals surface area contributed by atoms with Gasteiger partial charge < -0.3 is 24.5 Å². The molecular weight excluding hydrogens is 352 g/mol. The molecule has 2 amide bonds. The standard InChI is InChI=1S/C19H22N2O6/c1-3-27-18(23)10-16(13-5-4-6-15(9-13)25-2)21-17(22)11-20-19(24)14-7-8-26-12-14/h4-9,12,16H,3,10-11H2,1-2H3,(H,20,24)(H,21,22). The van der Waals surface area contributed by atoms with Gasteiger partial charge >= 0.3 is 5.97 Å². The Labute approximate surface area is 156 Å². The largest absolute Gasteiger partial charge is 0.497 e. The summed E-state index contributed by atoms with van der Waals surface area (Å²) in [6, 6.07) is 7.91. The molecule has 8 nitrogen and oxygen atoms in total. The van der Waals surface area contributed by atoms with Gasteiger partial charge in [0.2, 0.25) is 5.91 Å². The van der Waals surface area contributed by atoms with Crippen LogP contribution in [0.15, 0.2) is 47.3 Å². The average molecular weight is 374 g/mol. The molecule has 2 N–H and O–H groups in total. The second-order valence-corrected chi connectivity index (χ2v) is 5.60. The molecule has 0 saturated carbocycles. The molecule has 0 aliphatic carbocycles. The van der Waals surface area contributed by atoms with Crippen molar-refractivity contribution in [2.75, 3.05) is 20.3 Å². The van der Waals surface area contributed by atoms with Gasteiger partial charge in [0.05, 0.1) is 44.6 Å². The molecule has 0 fully saturated rings. The van der Waals surface area contributed by atoms with Crippen LogP contribution >= 0.6 is 0 Å². The van der Waals surface area contributed by atoms with E-state index in [2.05, 4.69) is 10.6 Å². The Hall–Kier alpha value is -3.29. The lowest BCUT2D eigenvalue weighted by Crippen LogP contribution is -2.39. The summed E-state index contributed by atoms with van der Waals surface area (Å²) >= 11 is 0. The van der Waals surface area contributed by atoms with E-state index >= 15 is 0 Å². The molecule has 1 heterocycles. The summed E-state index contributed by atoms with van der Waals surface area (Å²) in [6.45, 7) is 1.72. The molecule has 8 heteroatoms. The maximum atomic E-state index is 12.3. The number of rotatable bonds is 9. The molecule has 27 heavy (non-hydrogen) atoms. The van der Waals surface area contributed by atoms with Gasteiger partial charge in [-0.05, 0) is 30.7 Å². The molecule has 0 aliphatic rings. The number of methoxy groups -OCH3 is 1. The number of hydrogen-bond acceptors (Lipinski definition) is 6. The second kappa shape index (κ2) is 10.0. The molecule has 0 bridgehead atoms. The van der Waals surface area contributed by atoms with Crippen LogP contribution in [0.25, 0.3) is 0 Å². The lowest BCUT2D eigenvalue weighted by molar-refractivity contribution is -0.143. The van der Waals surface area contributed by atoms with E-state index in [0.29, 0.717) is 16.9 Å². The fraction of sp³-hybridized carbons (Fsp3) is 0.316. The van der Waals surface area contributed by atoms with Crippen LogP contribution in [0.2, 0.25) is 0 Å². The number of esters is 1. The Kier molecular flexibility index (Phi) is 7.42. The molecule has 2 rings (SSSR count). The van der Waals surface area contributed by atoms with Gasteiger partial charge in [-0.3, -0.25) is 14.4 Å². The van der Waals surface area contributed by atoms with Crippen LogP contribution in [-0.2, 0) is 14.3 Å². The van der Waals surface area contributed by atoms with Crippen LogP contribution in [0.3, 0.4) is 0 Å². The van der Waals surface area contributed by atoms with E-state index in [1.807, 2.05) is 0 Å². The highest BCUT2D eigenvalue weighted by Gasteiger charge is 2.20. The highest BCUT2D eigenvalue weighted by Crippen LogP contribution is 2.22. The monoisotopic (exact) mass is 374 g/mol. The smallest absolute Gasteiger partial charge is 0.308 e. The van der Waals surface area contributed by atoms with Gasteiger partial charge in [0.25, 0.3) is 5.91 Å². The molecule has 0 radical (unpaired) electrons. The number of ether oxygens (including phenoxy) is 2. The van der Waals surface area contributed by atoms with Crippen molar-refractivity contribution < 1.29 is 28.3 Å². The topological polar surface area (TPSA) is 107 Å². The minimum absolute atomic E-state index is 0.0393. The van der Waals surface area contributed by atoms with Crippen molar-refractivity contribution in [1.29, 1.82) is 0 Å². The third-order valence-electron chi connectivity index (χ3n) is 3.70. The van der Waals surface area contributed by atoms with Gasteiger partial charge in [0, 0.05) is 0 Å². The second-order valence-electron chi connectivity index (χ2n) is 5.60. The van der Waals surface area contributed by atoms with Crippen LogP contribution in [0.4, 0.5) is 0 Å². The summed E-state index contributed by atoms with van der Waals surface area (Å²) in [5.41, 5.74) is 1.01. The molecule has 1 aromatic carbocycles. The summed E-state index contributed by atoms with van der Waals surface area (Å²) < 4.78 is 15.0. The summed E-state index contributed by atoms with van der Waals surface area (Å²) in [4.78, 5) is 36.0.